The zero-order chi connectivity index (χ0) is 12.9. The van der Waals surface area contributed by atoms with Crippen LogP contribution in [0.5, 0.6) is 0 Å². The number of rotatable bonds is 2. The van der Waals surface area contributed by atoms with E-state index in [2.05, 4.69) is 39.8 Å². The molecule has 3 rings (SSSR count). The number of fused-ring (bicyclic) bond motifs is 2. The van der Waals surface area contributed by atoms with E-state index < -0.39 is 0 Å². The third-order valence-corrected chi connectivity index (χ3v) is 4.82. The zero-order valence-corrected chi connectivity index (χ0v) is 12.0. The molecule has 1 aromatic carbocycles. The highest BCUT2D eigenvalue weighted by atomic mass is 14.3. The summed E-state index contributed by atoms with van der Waals surface area (Å²) in [7, 11) is 0. The van der Waals surface area contributed by atoms with Gasteiger partial charge in [-0.1, -0.05) is 37.1 Å². The number of benzene rings is 1. The van der Waals surface area contributed by atoms with Gasteiger partial charge in [0, 0.05) is 0 Å². The van der Waals surface area contributed by atoms with E-state index >= 15 is 0 Å². The molecule has 0 aliphatic heterocycles. The molecular weight excluding hydrogens is 216 g/mol. The van der Waals surface area contributed by atoms with Crippen molar-refractivity contribution in [2.45, 2.75) is 53.4 Å². The maximum Gasteiger partial charge on any atom is -0.00524 e. The first kappa shape index (κ1) is 11.8. The molecule has 0 heterocycles. The van der Waals surface area contributed by atoms with Crippen molar-refractivity contribution in [3.05, 3.63) is 45.0 Å². The molecule has 0 atom stereocenters. The summed E-state index contributed by atoms with van der Waals surface area (Å²) in [6.45, 7) is 9.17. The van der Waals surface area contributed by atoms with Crippen LogP contribution in [0, 0.1) is 6.92 Å². The standard InChI is InChI=1S/C18H22/c1-5-13-7-15-10-17-11(3)14(6-2)9-18(17)12(4)16(15)8-13/h8,10H,5-7,9H2,1-4H3. The zero-order valence-electron chi connectivity index (χ0n) is 12.0. The minimum absolute atomic E-state index is 1.18. The van der Waals surface area contributed by atoms with Gasteiger partial charge in [-0.2, -0.15) is 0 Å². The van der Waals surface area contributed by atoms with Gasteiger partial charge < -0.3 is 0 Å². The average Bonchev–Trinajstić information content (AvgIpc) is 2.92. The van der Waals surface area contributed by atoms with Gasteiger partial charge in [0.15, 0.2) is 0 Å². The molecule has 0 N–H and O–H groups in total. The topological polar surface area (TPSA) is 0 Å². The van der Waals surface area contributed by atoms with Crippen LogP contribution in [0.15, 0.2) is 17.2 Å². The lowest BCUT2D eigenvalue weighted by molar-refractivity contribution is 1.02. The van der Waals surface area contributed by atoms with Crippen LogP contribution in [0.4, 0.5) is 0 Å². The molecule has 0 bridgehead atoms. The van der Waals surface area contributed by atoms with Crippen LogP contribution in [-0.4, -0.2) is 0 Å². The Morgan fingerprint density at radius 1 is 1.06 bits per heavy atom. The highest BCUT2D eigenvalue weighted by Gasteiger charge is 2.24. The lowest BCUT2D eigenvalue weighted by atomic mass is 9.93. The predicted molar refractivity (Wildman–Crippen MR) is 79.7 cm³/mol. The van der Waals surface area contributed by atoms with E-state index in [0.29, 0.717) is 0 Å². The van der Waals surface area contributed by atoms with Crippen molar-refractivity contribution in [1.82, 2.24) is 0 Å². The molecule has 0 amide bonds. The van der Waals surface area contributed by atoms with Crippen LogP contribution in [0.1, 0.15) is 61.4 Å². The van der Waals surface area contributed by atoms with Crippen LogP contribution < -0.4 is 0 Å². The molecule has 18 heavy (non-hydrogen) atoms. The maximum absolute atomic E-state index is 2.47. The Morgan fingerprint density at radius 2 is 1.83 bits per heavy atom. The molecule has 1 aromatic rings. The second-order valence-electron chi connectivity index (χ2n) is 5.69. The lowest BCUT2D eigenvalue weighted by Crippen LogP contribution is -1.96. The highest BCUT2D eigenvalue weighted by Crippen LogP contribution is 2.41. The van der Waals surface area contributed by atoms with E-state index in [4.69, 9.17) is 0 Å². The van der Waals surface area contributed by atoms with Crippen molar-refractivity contribution >= 4 is 11.6 Å². The Morgan fingerprint density at radius 3 is 2.50 bits per heavy atom. The molecule has 2 aliphatic rings. The van der Waals surface area contributed by atoms with Gasteiger partial charge in [0.05, 0.1) is 0 Å². The molecule has 0 saturated heterocycles. The smallest absolute Gasteiger partial charge is 0.00524 e. The van der Waals surface area contributed by atoms with Crippen molar-refractivity contribution in [3.8, 4) is 0 Å². The quantitative estimate of drug-likeness (QED) is 0.673. The molecule has 0 saturated carbocycles. The summed E-state index contributed by atoms with van der Waals surface area (Å²) in [5, 5.41) is 0. The summed E-state index contributed by atoms with van der Waals surface area (Å²) in [4.78, 5) is 0. The molecule has 0 nitrogen and oxygen atoms in total. The third kappa shape index (κ3) is 1.51. The van der Waals surface area contributed by atoms with Crippen LogP contribution >= 0.6 is 0 Å². The second-order valence-corrected chi connectivity index (χ2v) is 5.69. The van der Waals surface area contributed by atoms with Crippen molar-refractivity contribution < 1.29 is 0 Å². The van der Waals surface area contributed by atoms with Gasteiger partial charge >= 0.3 is 0 Å². The first-order valence-electron chi connectivity index (χ1n) is 7.19. The lowest BCUT2D eigenvalue weighted by Gasteiger charge is -2.11. The fourth-order valence-corrected chi connectivity index (χ4v) is 3.51. The van der Waals surface area contributed by atoms with Gasteiger partial charge in [-0.15, -0.1) is 0 Å². The third-order valence-electron chi connectivity index (χ3n) is 4.82. The van der Waals surface area contributed by atoms with Gasteiger partial charge in [-0.3, -0.25) is 0 Å². The van der Waals surface area contributed by atoms with Gasteiger partial charge in [0.2, 0.25) is 0 Å². The van der Waals surface area contributed by atoms with E-state index in [1.165, 1.54) is 42.4 Å². The van der Waals surface area contributed by atoms with Gasteiger partial charge in [0.1, 0.15) is 0 Å². The Labute approximate surface area is 110 Å². The van der Waals surface area contributed by atoms with Gasteiger partial charge in [-0.25, -0.2) is 0 Å². The molecule has 0 unspecified atom stereocenters. The minimum atomic E-state index is 1.18. The van der Waals surface area contributed by atoms with Crippen LogP contribution in [0.2, 0.25) is 0 Å². The van der Waals surface area contributed by atoms with E-state index in [1.807, 2.05) is 0 Å². The van der Waals surface area contributed by atoms with Crippen LogP contribution in [0.3, 0.4) is 0 Å². The first-order valence-corrected chi connectivity index (χ1v) is 7.19. The summed E-state index contributed by atoms with van der Waals surface area (Å²) in [5.74, 6) is 0. The predicted octanol–water partition coefficient (Wildman–Crippen LogP) is 5.08. The summed E-state index contributed by atoms with van der Waals surface area (Å²) in [6.07, 6.45) is 7.18. The molecule has 0 heteroatoms. The van der Waals surface area contributed by atoms with Gasteiger partial charge in [0.25, 0.3) is 0 Å². The molecule has 2 aliphatic carbocycles. The Hall–Kier alpha value is -1.30. The summed E-state index contributed by atoms with van der Waals surface area (Å²) in [5.41, 5.74) is 12.5. The number of allylic oxidation sites excluding steroid dienone is 3. The Kier molecular flexibility index (Phi) is 2.69. The summed E-state index contributed by atoms with van der Waals surface area (Å²) < 4.78 is 0. The fraction of sp³-hybridized carbons (Fsp3) is 0.444. The Balaban J connectivity index is 2.14. The highest BCUT2D eigenvalue weighted by molar-refractivity contribution is 5.81. The normalized spacial score (nSPS) is 17.0. The van der Waals surface area contributed by atoms with Crippen molar-refractivity contribution in [2.24, 2.45) is 0 Å². The van der Waals surface area contributed by atoms with E-state index in [0.717, 1.165) is 0 Å². The minimum Gasteiger partial charge on any atom is -0.0655 e. The maximum atomic E-state index is 2.47. The molecule has 0 aromatic heterocycles. The van der Waals surface area contributed by atoms with E-state index in [9.17, 15) is 0 Å². The second kappa shape index (κ2) is 4.12. The molecule has 0 spiro atoms. The Bertz CT molecular complexity index is 583. The van der Waals surface area contributed by atoms with Gasteiger partial charge in [-0.05, 0) is 72.9 Å². The molecule has 0 fully saturated rings. The SMILES string of the molecule is CCC1=Cc2c(cc3c(c2C)CC(CC)=C3C)C1. The average molecular weight is 238 g/mol. The van der Waals surface area contributed by atoms with Crippen LogP contribution in [-0.2, 0) is 12.8 Å². The van der Waals surface area contributed by atoms with Crippen LogP contribution in [0.25, 0.3) is 11.6 Å². The molecule has 0 radical (unpaired) electrons. The van der Waals surface area contributed by atoms with E-state index in [-0.39, 0.29) is 0 Å². The summed E-state index contributed by atoms with van der Waals surface area (Å²) >= 11 is 0. The number of hydrogen-bond acceptors (Lipinski definition) is 0. The summed E-state index contributed by atoms with van der Waals surface area (Å²) in [6, 6.07) is 2.47. The largest absolute Gasteiger partial charge is 0.0655 e. The molecular formula is C18H22. The van der Waals surface area contributed by atoms with Crippen molar-refractivity contribution in [3.63, 3.8) is 0 Å². The van der Waals surface area contributed by atoms with E-state index in [1.54, 1.807) is 27.8 Å². The number of hydrogen-bond donors (Lipinski definition) is 0. The fourth-order valence-electron chi connectivity index (χ4n) is 3.51. The first-order chi connectivity index (χ1) is 8.65. The molecule has 94 valence electrons. The van der Waals surface area contributed by atoms with Crippen molar-refractivity contribution in [2.75, 3.05) is 0 Å². The monoisotopic (exact) mass is 238 g/mol. The van der Waals surface area contributed by atoms with Crippen molar-refractivity contribution in [1.29, 1.82) is 0 Å².